The van der Waals surface area contributed by atoms with Gasteiger partial charge in [-0.15, -0.1) is 11.3 Å². The van der Waals surface area contributed by atoms with Gasteiger partial charge < -0.3 is 15.0 Å². The minimum atomic E-state index is -0.377. The Morgan fingerprint density at radius 2 is 1.91 bits per heavy atom. The van der Waals surface area contributed by atoms with Crippen LogP contribution in [0.5, 0.6) is 5.75 Å². The number of ether oxygens (including phenoxy) is 1. The highest BCUT2D eigenvalue weighted by Gasteiger charge is 2.28. The molecule has 32 heavy (non-hydrogen) atoms. The van der Waals surface area contributed by atoms with Crippen LogP contribution in [-0.4, -0.2) is 41.9 Å². The fraction of sp³-hybridized carbons (Fsp3) is 0.261. The first-order chi connectivity index (χ1) is 15.4. The van der Waals surface area contributed by atoms with Gasteiger partial charge in [-0.25, -0.2) is 9.37 Å². The molecule has 6 nitrogen and oxygen atoms in total. The van der Waals surface area contributed by atoms with E-state index in [4.69, 9.17) is 16.3 Å². The summed E-state index contributed by atoms with van der Waals surface area (Å²) in [4.78, 5) is 31.5. The summed E-state index contributed by atoms with van der Waals surface area (Å²) in [6.07, 6.45) is 1.12. The van der Waals surface area contributed by atoms with E-state index in [1.165, 1.54) is 35.6 Å². The smallest absolute Gasteiger partial charge is 0.253 e. The van der Waals surface area contributed by atoms with Crippen molar-refractivity contribution < 1.29 is 18.7 Å². The first kappa shape index (κ1) is 22.2. The fourth-order valence-corrected chi connectivity index (χ4v) is 4.60. The Morgan fingerprint density at radius 3 is 2.56 bits per heavy atom. The average Bonchev–Trinajstić information content (AvgIpc) is 3.27. The maximum Gasteiger partial charge on any atom is 0.253 e. The van der Waals surface area contributed by atoms with Crippen LogP contribution in [0, 0.1) is 11.7 Å². The van der Waals surface area contributed by atoms with Gasteiger partial charge in [-0.05, 0) is 55.3 Å². The second kappa shape index (κ2) is 9.67. The van der Waals surface area contributed by atoms with Crippen LogP contribution < -0.4 is 10.1 Å². The molecule has 1 N–H and O–H groups in total. The molecule has 2 heterocycles. The van der Waals surface area contributed by atoms with E-state index < -0.39 is 0 Å². The van der Waals surface area contributed by atoms with Gasteiger partial charge in [0.2, 0.25) is 5.91 Å². The molecule has 0 saturated carbocycles. The predicted octanol–water partition coefficient (Wildman–Crippen LogP) is 5.10. The number of aromatic nitrogens is 1. The number of amides is 2. The van der Waals surface area contributed by atoms with Crippen LogP contribution >= 0.6 is 22.9 Å². The maximum absolute atomic E-state index is 13.1. The highest BCUT2D eigenvalue weighted by atomic mass is 35.5. The molecule has 3 aromatic rings. The number of thiazole rings is 1. The van der Waals surface area contributed by atoms with Crippen molar-refractivity contribution in [2.45, 2.75) is 12.8 Å². The quantitative estimate of drug-likeness (QED) is 0.559. The zero-order valence-corrected chi connectivity index (χ0v) is 18.9. The van der Waals surface area contributed by atoms with Crippen molar-refractivity contribution in [1.29, 1.82) is 0 Å². The van der Waals surface area contributed by atoms with Crippen molar-refractivity contribution in [3.8, 4) is 17.0 Å². The number of benzene rings is 2. The highest BCUT2D eigenvalue weighted by molar-refractivity contribution is 7.14. The lowest BCUT2D eigenvalue weighted by Gasteiger charge is -2.31. The van der Waals surface area contributed by atoms with Crippen molar-refractivity contribution >= 4 is 39.9 Å². The number of nitrogens with zero attached hydrogens (tertiary/aromatic N) is 2. The third kappa shape index (κ3) is 4.92. The van der Waals surface area contributed by atoms with E-state index in [9.17, 15) is 14.0 Å². The molecular formula is C23H21ClFN3O3S. The third-order valence-electron chi connectivity index (χ3n) is 5.43. The van der Waals surface area contributed by atoms with Crippen molar-refractivity contribution in [1.82, 2.24) is 9.88 Å². The molecule has 9 heteroatoms. The molecule has 2 aromatic carbocycles. The summed E-state index contributed by atoms with van der Waals surface area (Å²) in [7, 11) is 1.56. The number of carbonyl (C=O) groups is 2. The lowest BCUT2D eigenvalue weighted by atomic mass is 9.95. The number of halogens is 2. The molecule has 1 fully saturated rings. The number of piperidine rings is 1. The summed E-state index contributed by atoms with van der Waals surface area (Å²) in [5.74, 6) is -0.241. The van der Waals surface area contributed by atoms with Gasteiger partial charge in [0, 0.05) is 35.5 Å². The number of carbonyl (C=O) groups excluding carboxylic acids is 2. The molecule has 1 aliphatic rings. The minimum Gasteiger partial charge on any atom is -0.495 e. The van der Waals surface area contributed by atoms with Crippen molar-refractivity contribution in [2.24, 2.45) is 5.92 Å². The summed E-state index contributed by atoms with van der Waals surface area (Å²) < 4.78 is 18.2. The number of anilines is 1. The molecule has 1 aromatic heterocycles. The summed E-state index contributed by atoms with van der Waals surface area (Å²) in [5.41, 5.74) is 2.00. The number of hydrogen-bond donors (Lipinski definition) is 1. The number of rotatable bonds is 5. The standard InChI is InChI=1S/C23H21ClFN3O3S/c1-31-20-7-4-16(12-18(20)24)19-13-32-23(26-19)27-21(29)14-8-10-28(11-9-14)22(30)15-2-5-17(25)6-3-15/h2-7,12-14H,8-11H2,1H3,(H,26,27,29). The summed E-state index contributed by atoms with van der Waals surface area (Å²) >= 11 is 7.53. The van der Waals surface area contributed by atoms with E-state index in [0.717, 1.165) is 11.3 Å². The van der Waals surface area contributed by atoms with Gasteiger partial charge in [0.25, 0.3) is 5.91 Å². The average molecular weight is 474 g/mol. The molecule has 4 rings (SSSR count). The van der Waals surface area contributed by atoms with E-state index in [1.807, 2.05) is 11.4 Å². The third-order valence-corrected chi connectivity index (χ3v) is 6.48. The molecule has 1 aliphatic heterocycles. The largest absolute Gasteiger partial charge is 0.495 e. The molecule has 0 aliphatic carbocycles. The fourth-order valence-electron chi connectivity index (χ4n) is 3.62. The second-order valence-corrected chi connectivity index (χ2v) is 8.72. The molecule has 0 unspecified atom stereocenters. The number of likely N-dealkylation sites (tertiary alicyclic amines) is 1. The van der Waals surface area contributed by atoms with Crippen LogP contribution in [0.3, 0.4) is 0 Å². The SMILES string of the molecule is COc1ccc(-c2csc(NC(=O)C3CCN(C(=O)c4ccc(F)cc4)CC3)n2)cc1Cl. The summed E-state index contributed by atoms with van der Waals surface area (Å²) in [5, 5.41) is 5.75. The number of hydrogen-bond acceptors (Lipinski definition) is 5. The van der Waals surface area contributed by atoms with Gasteiger partial charge in [0.15, 0.2) is 5.13 Å². The van der Waals surface area contributed by atoms with Crippen LogP contribution in [0.2, 0.25) is 5.02 Å². The van der Waals surface area contributed by atoms with Gasteiger partial charge in [-0.2, -0.15) is 0 Å². The minimum absolute atomic E-state index is 0.104. The van der Waals surface area contributed by atoms with Crippen LogP contribution in [-0.2, 0) is 4.79 Å². The molecule has 0 bridgehead atoms. The van der Waals surface area contributed by atoms with E-state index in [2.05, 4.69) is 10.3 Å². The van der Waals surface area contributed by atoms with E-state index in [1.54, 1.807) is 24.1 Å². The Kier molecular flexibility index (Phi) is 6.72. The molecule has 166 valence electrons. The van der Waals surface area contributed by atoms with E-state index in [-0.39, 0.29) is 23.5 Å². The Labute approximate surface area is 194 Å². The molecular weight excluding hydrogens is 453 g/mol. The van der Waals surface area contributed by atoms with E-state index in [0.29, 0.717) is 47.4 Å². The monoisotopic (exact) mass is 473 g/mol. The van der Waals surface area contributed by atoms with Crippen LogP contribution in [0.15, 0.2) is 47.8 Å². The predicted molar refractivity (Wildman–Crippen MR) is 123 cm³/mol. The normalized spacial score (nSPS) is 14.3. The number of nitrogens with one attached hydrogen (secondary N) is 1. The topological polar surface area (TPSA) is 71.5 Å². The molecule has 0 spiro atoms. The van der Waals surface area contributed by atoms with Gasteiger partial charge in [0.1, 0.15) is 11.6 Å². The maximum atomic E-state index is 13.1. The van der Waals surface area contributed by atoms with Crippen LogP contribution in [0.25, 0.3) is 11.3 Å². The van der Waals surface area contributed by atoms with Gasteiger partial charge in [0.05, 0.1) is 17.8 Å². The summed E-state index contributed by atoms with van der Waals surface area (Å²) in [6.45, 7) is 0.948. The lowest BCUT2D eigenvalue weighted by molar-refractivity contribution is -0.121. The molecule has 0 radical (unpaired) electrons. The van der Waals surface area contributed by atoms with Gasteiger partial charge >= 0.3 is 0 Å². The first-order valence-electron chi connectivity index (χ1n) is 10.1. The zero-order valence-electron chi connectivity index (χ0n) is 17.3. The zero-order chi connectivity index (χ0) is 22.7. The highest BCUT2D eigenvalue weighted by Crippen LogP contribution is 2.32. The molecule has 2 amide bonds. The summed E-state index contributed by atoms with van der Waals surface area (Å²) in [6, 6.07) is 10.9. The van der Waals surface area contributed by atoms with Gasteiger partial charge in [-0.3, -0.25) is 9.59 Å². The van der Waals surface area contributed by atoms with Crippen molar-refractivity contribution in [3.63, 3.8) is 0 Å². The van der Waals surface area contributed by atoms with Crippen LogP contribution in [0.1, 0.15) is 23.2 Å². The first-order valence-corrected chi connectivity index (χ1v) is 11.4. The Morgan fingerprint density at radius 1 is 1.19 bits per heavy atom. The van der Waals surface area contributed by atoms with Gasteiger partial charge in [-0.1, -0.05) is 11.6 Å². The molecule has 1 saturated heterocycles. The molecule has 0 atom stereocenters. The second-order valence-electron chi connectivity index (χ2n) is 7.45. The Bertz CT molecular complexity index is 1130. The number of methoxy groups -OCH3 is 1. The van der Waals surface area contributed by atoms with Crippen molar-refractivity contribution in [3.05, 3.63) is 64.2 Å². The Balaban J connectivity index is 1.33. The Hall–Kier alpha value is -2.97. The lowest BCUT2D eigenvalue weighted by Crippen LogP contribution is -2.41. The van der Waals surface area contributed by atoms with Crippen LogP contribution in [0.4, 0.5) is 9.52 Å². The van der Waals surface area contributed by atoms with Crippen molar-refractivity contribution in [2.75, 3.05) is 25.5 Å². The van der Waals surface area contributed by atoms with E-state index >= 15 is 0 Å².